The van der Waals surface area contributed by atoms with Gasteiger partial charge in [-0.05, 0) is 23.8 Å². The number of methoxy groups -OCH3 is 1. The molecule has 0 fully saturated rings. The number of halogens is 1. The SMILES string of the molecule is COc1ccccc1CNC(=O)CSc1ncnc2scc(-c3ccc(F)cc3)c12. The number of benzene rings is 2. The van der Waals surface area contributed by atoms with E-state index in [4.69, 9.17) is 4.74 Å². The molecule has 5 nitrogen and oxygen atoms in total. The highest BCUT2D eigenvalue weighted by Gasteiger charge is 2.15. The predicted molar refractivity (Wildman–Crippen MR) is 118 cm³/mol. The van der Waals surface area contributed by atoms with E-state index in [0.717, 1.165) is 37.7 Å². The number of nitrogens with one attached hydrogen (secondary N) is 1. The topological polar surface area (TPSA) is 64.1 Å². The second kappa shape index (κ2) is 9.23. The standard InChI is InChI=1S/C22H18FN3O2S2/c1-28-18-5-3-2-4-15(18)10-24-19(27)12-30-22-20-17(11-29-21(20)25-13-26-22)14-6-8-16(23)9-7-14/h2-9,11,13H,10,12H2,1H3,(H,24,27). The van der Waals surface area contributed by atoms with Crippen LogP contribution >= 0.6 is 23.1 Å². The summed E-state index contributed by atoms with van der Waals surface area (Å²) in [4.78, 5) is 22.0. The van der Waals surface area contributed by atoms with Crippen LogP contribution < -0.4 is 10.1 Å². The second-order valence-electron chi connectivity index (χ2n) is 6.39. The maximum atomic E-state index is 13.3. The van der Waals surface area contributed by atoms with Crippen LogP contribution in [-0.4, -0.2) is 28.7 Å². The Kier molecular flexibility index (Phi) is 6.25. The first-order chi connectivity index (χ1) is 14.7. The fourth-order valence-electron chi connectivity index (χ4n) is 3.03. The monoisotopic (exact) mass is 439 g/mol. The van der Waals surface area contributed by atoms with Crippen molar-refractivity contribution in [2.24, 2.45) is 0 Å². The first-order valence-electron chi connectivity index (χ1n) is 9.15. The Morgan fingerprint density at radius 1 is 1.17 bits per heavy atom. The van der Waals surface area contributed by atoms with Crippen molar-refractivity contribution in [2.75, 3.05) is 12.9 Å². The van der Waals surface area contributed by atoms with Gasteiger partial charge in [0.15, 0.2) is 0 Å². The quantitative estimate of drug-likeness (QED) is 0.327. The molecule has 0 aliphatic heterocycles. The average Bonchev–Trinajstić information content (AvgIpc) is 3.22. The summed E-state index contributed by atoms with van der Waals surface area (Å²) in [5, 5.41) is 6.52. The van der Waals surface area contributed by atoms with Gasteiger partial charge in [-0.3, -0.25) is 4.79 Å². The van der Waals surface area contributed by atoms with Gasteiger partial charge < -0.3 is 10.1 Å². The molecule has 1 N–H and O–H groups in total. The van der Waals surface area contributed by atoms with E-state index >= 15 is 0 Å². The zero-order chi connectivity index (χ0) is 20.9. The van der Waals surface area contributed by atoms with Gasteiger partial charge >= 0.3 is 0 Å². The van der Waals surface area contributed by atoms with Crippen LogP contribution in [0, 0.1) is 5.82 Å². The minimum Gasteiger partial charge on any atom is -0.496 e. The lowest BCUT2D eigenvalue weighted by Crippen LogP contribution is -2.24. The molecule has 2 heterocycles. The van der Waals surface area contributed by atoms with Gasteiger partial charge in [0.1, 0.15) is 27.8 Å². The first-order valence-corrected chi connectivity index (χ1v) is 11.0. The summed E-state index contributed by atoms with van der Waals surface area (Å²) in [6.45, 7) is 0.391. The lowest BCUT2D eigenvalue weighted by molar-refractivity contribution is -0.118. The molecule has 0 radical (unpaired) electrons. The highest BCUT2D eigenvalue weighted by molar-refractivity contribution is 8.00. The molecule has 0 unspecified atom stereocenters. The van der Waals surface area contributed by atoms with Crippen molar-refractivity contribution in [3.63, 3.8) is 0 Å². The molecule has 0 atom stereocenters. The molecule has 2 aromatic carbocycles. The Morgan fingerprint density at radius 2 is 1.97 bits per heavy atom. The molecule has 0 spiro atoms. The fraction of sp³-hybridized carbons (Fsp3) is 0.136. The number of hydrogen-bond acceptors (Lipinski definition) is 6. The Balaban J connectivity index is 1.48. The van der Waals surface area contributed by atoms with E-state index in [1.54, 1.807) is 19.2 Å². The molecule has 30 heavy (non-hydrogen) atoms. The number of rotatable bonds is 7. The molecule has 2 aromatic heterocycles. The van der Waals surface area contributed by atoms with Crippen LogP contribution in [0.3, 0.4) is 0 Å². The zero-order valence-electron chi connectivity index (χ0n) is 16.1. The Morgan fingerprint density at radius 3 is 2.77 bits per heavy atom. The number of carbonyl (C=O) groups is 1. The molecular formula is C22H18FN3O2S2. The summed E-state index contributed by atoms with van der Waals surface area (Å²) < 4.78 is 18.6. The van der Waals surface area contributed by atoms with Gasteiger partial charge in [0, 0.05) is 23.1 Å². The Bertz CT molecular complexity index is 1180. The summed E-state index contributed by atoms with van der Waals surface area (Å²) in [6.07, 6.45) is 1.50. The molecular weight excluding hydrogens is 421 g/mol. The number of aromatic nitrogens is 2. The highest BCUT2D eigenvalue weighted by Crippen LogP contribution is 2.37. The summed E-state index contributed by atoms with van der Waals surface area (Å²) >= 11 is 2.86. The minimum atomic E-state index is -0.282. The van der Waals surface area contributed by atoms with Crippen LogP contribution in [0.15, 0.2) is 65.3 Å². The van der Waals surface area contributed by atoms with Crippen LogP contribution in [0.5, 0.6) is 5.75 Å². The third kappa shape index (κ3) is 4.44. The van der Waals surface area contributed by atoms with E-state index in [9.17, 15) is 9.18 Å². The number of thiophene rings is 1. The Labute approximate surface area is 181 Å². The van der Waals surface area contributed by atoms with Crippen LogP contribution in [0.1, 0.15) is 5.56 Å². The van der Waals surface area contributed by atoms with Gasteiger partial charge in [0.25, 0.3) is 0 Å². The van der Waals surface area contributed by atoms with E-state index in [1.165, 1.54) is 41.6 Å². The van der Waals surface area contributed by atoms with Crippen molar-refractivity contribution < 1.29 is 13.9 Å². The molecule has 1 amide bonds. The van der Waals surface area contributed by atoms with Gasteiger partial charge in [-0.15, -0.1) is 11.3 Å². The van der Waals surface area contributed by atoms with Crippen LogP contribution in [0.25, 0.3) is 21.3 Å². The van der Waals surface area contributed by atoms with Gasteiger partial charge in [-0.2, -0.15) is 0 Å². The van der Waals surface area contributed by atoms with Crippen molar-refractivity contribution in [3.8, 4) is 16.9 Å². The molecule has 0 saturated heterocycles. The molecule has 0 aliphatic rings. The van der Waals surface area contributed by atoms with Gasteiger partial charge in [-0.1, -0.05) is 42.1 Å². The molecule has 152 valence electrons. The largest absolute Gasteiger partial charge is 0.496 e. The van der Waals surface area contributed by atoms with Crippen LogP contribution in [-0.2, 0) is 11.3 Å². The molecule has 4 aromatic rings. The number of ether oxygens (including phenoxy) is 1. The van der Waals surface area contributed by atoms with E-state index in [1.807, 2.05) is 29.6 Å². The van der Waals surface area contributed by atoms with Crippen molar-refractivity contribution in [1.29, 1.82) is 0 Å². The van der Waals surface area contributed by atoms with E-state index in [0.29, 0.717) is 6.54 Å². The van der Waals surface area contributed by atoms with Crippen molar-refractivity contribution in [3.05, 3.63) is 71.6 Å². The maximum Gasteiger partial charge on any atom is 0.230 e. The minimum absolute atomic E-state index is 0.101. The lowest BCUT2D eigenvalue weighted by atomic mass is 10.1. The summed E-state index contributed by atoms with van der Waals surface area (Å²) in [7, 11) is 1.61. The van der Waals surface area contributed by atoms with Crippen molar-refractivity contribution >= 4 is 39.2 Å². The second-order valence-corrected chi connectivity index (χ2v) is 8.21. The number of hydrogen-bond donors (Lipinski definition) is 1. The lowest BCUT2D eigenvalue weighted by Gasteiger charge is -2.09. The summed E-state index contributed by atoms with van der Waals surface area (Å²) in [5.41, 5.74) is 2.74. The van der Waals surface area contributed by atoms with E-state index < -0.39 is 0 Å². The number of thioether (sulfide) groups is 1. The normalized spacial score (nSPS) is 10.9. The first kappa shape index (κ1) is 20.3. The summed E-state index contributed by atoms with van der Waals surface area (Å²) in [6, 6.07) is 13.9. The van der Waals surface area contributed by atoms with Gasteiger partial charge in [-0.25, -0.2) is 14.4 Å². The maximum absolute atomic E-state index is 13.3. The molecule has 0 saturated carbocycles. The fourth-order valence-corrected chi connectivity index (χ4v) is 4.85. The van der Waals surface area contributed by atoms with Gasteiger partial charge in [0.2, 0.25) is 5.91 Å². The number of carbonyl (C=O) groups excluding carboxylic acids is 1. The molecule has 8 heteroatoms. The summed E-state index contributed by atoms with van der Waals surface area (Å²) in [5.74, 6) is 0.581. The third-order valence-electron chi connectivity index (χ3n) is 4.50. The molecule has 4 rings (SSSR count). The zero-order valence-corrected chi connectivity index (χ0v) is 17.7. The molecule has 0 aliphatic carbocycles. The smallest absolute Gasteiger partial charge is 0.230 e. The number of para-hydroxylation sites is 1. The highest BCUT2D eigenvalue weighted by atomic mass is 32.2. The van der Waals surface area contributed by atoms with Gasteiger partial charge in [0.05, 0.1) is 18.2 Å². The van der Waals surface area contributed by atoms with Crippen LogP contribution in [0.2, 0.25) is 0 Å². The third-order valence-corrected chi connectivity index (χ3v) is 6.38. The molecule has 0 bridgehead atoms. The number of nitrogens with zero attached hydrogens (tertiary/aromatic N) is 2. The predicted octanol–water partition coefficient (Wildman–Crippen LogP) is 4.91. The number of amides is 1. The van der Waals surface area contributed by atoms with E-state index in [-0.39, 0.29) is 17.5 Å². The average molecular weight is 440 g/mol. The van der Waals surface area contributed by atoms with Crippen molar-refractivity contribution in [2.45, 2.75) is 11.6 Å². The van der Waals surface area contributed by atoms with E-state index in [2.05, 4.69) is 15.3 Å². The van der Waals surface area contributed by atoms with Crippen LogP contribution in [0.4, 0.5) is 4.39 Å². The van der Waals surface area contributed by atoms with Crippen molar-refractivity contribution in [1.82, 2.24) is 15.3 Å². The number of fused-ring (bicyclic) bond motifs is 1. The Hall–Kier alpha value is -2.97.